The number of carbonyl (C=O) groups is 1. The van der Waals surface area contributed by atoms with Crippen LogP contribution in [0.5, 0.6) is 0 Å². The molecule has 0 aliphatic heterocycles. The van der Waals surface area contributed by atoms with Crippen molar-refractivity contribution in [3.63, 3.8) is 0 Å². The Hall–Kier alpha value is -2.80. The Kier molecular flexibility index (Phi) is 6.41. The first kappa shape index (κ1) is 19.5. The molecule has 0 unspecified atom stereocenters. The van der Waals surface area contributed by atoms with E-state index in [4.69, 9.17) is 4.74 Å². The molecule has 0 atom stereocenters. The third-order valence-electron chi connectivity index (χ3n) is 4.29. The van der Waals surface area contributed by atoms with Gasteiger partial charge in [0.1, 0.15) is 18.2 Å². The summed E-state index contributed by atoms with van der Waals surface area (Å²) in [6.45, 7) is 11.4. The molecule has 0 aliphatic carbocycles. The van der Waals surface area contributed by atoms with Gasteiger partial charge >= 0.3 is 5.97 Å². The van der Waals surface area contributed by atoms with E-state index < -0.39 is 5.97 Å². The Morgan fingerprint density at radius 1 is 1.23 bits per heavy atom. The summed E-state index contributed by atoms with van der Waals surface area (Å²) in [6.07, 6.45) is 1.62. The van der Waals surface area contributed by atoms with Crippen LogP contribution in [0.4, 0.5) is 0 Å². The highest BCUT2D eigenvalue weighted by Crippen LogP contribution is 2.20. The Balaban J connectivity index is 2.15. The van der Waals surface area contributed by atoms with E-state index in [1.165, 1.54) is 0 Å². The number of aryl methyl sites for hydroxylation is 2. The zero-order valence-corrected chi connectivity index (χ0v) is 16.2. The van der Waals surface area contributed by atoms with Crippen LogP contribution >= 0.6 is 0 Å². The van der Waals surface area contributed by atoms with Crippen molar-refractivity contribution < 1.29 is 9.53 Å². The van der Waals surface area contributed by atoms with E-state index in [1.54, 1.807) is 6.08 Å². The van der Waals surface area contributed by atoms with Crippen molar-refractivity contribution in [3.05, 3.63) is 64.0 Å². The van der Waals surface area contributed by atoms with Crippen LogP contribution in [0.2, 0.25) is 0 Å². The van der Waals surface area contributed by atoms with Crippen LogP contribution in [0.25, 0.3) is 6.08 Å². The fourth-order valence-corrected chi connectivity index (χ4v) is 2.82. The third-order valence-corrected chi connectivity index (χ3v) is 4.29. The molecule has 1 aromatic carbocycles. The largest absolute Gasteiger partial charge is 0.457 e. The van der Waals surface area contributed by atoms with Gasteiger partial charge in [-0.3, -0.25) is 0 Å². The molecular weight excluding hydrogens is 324 g/mol. The standard InChI is InChI=1S/C22H26N2O2/c1-15(2)13-24-17(4)10-20(18(24)5)11-21(12-23)22(25)26-14-19-8-6-16(3)7-9-19/h6-11,15H,13-14H2,1-5H3/b21-11+. The van der Waals surface area contributed by atoms with E-state index in [1.807, 2.05) is 57.2 Å². The second-order valence-corrected chi connectivity index (χ2v) is 7.06. The third kappa shape index (κ3) is 4.86. The van der Waals surface area contributed by atoms with E-state index in [-0.39, 0.29) is 12.2 Å². The average molecular weight is 350 g/mol. The van der Waals surface area contributed by atoms with Crippen molar-refractivity contribution in [2.24, 2.45) is 5.92 Å². The SMILES string of the molecule is Cc1ccc(COC(=O)/C(C#N)=C/c2cc(C)n(CC(C)C)c2C)cc1. The molecule has 1 aromatic heterocycles. The summed E-state index contributed by atoms with van der Waals surface area (Å²) >= 11 is 0. The molecular formula is C22H26N2O2. The summed E-state index contributed by atoms with van der Waals surface area (Å²) in [6, 6.07) is 11.7. The monoisotopic (exact) mass is 350 g/mol. The quantitative estimate of drug-likeness (QED) is 0.430. The van der Waals surface area contributed by atoms with E-state index in [2.05, 4.69) is 18.4 Å². The molecule has 0 amide bonds. The van der Waals surface area contributed by atoms with Gasteiger partial charge < -0.3 is 9.30 Å². The summed E-state index contributed by atoms with van der Waals surface area (Å²) in [5.74, 6) is -0.0757. The number of benzene rings is 1. The molecule has 2 aromatic rings. The maximum Gasteiger partial charge on any atom is 0.349 e. The lowest BCUT2D eigenvalue weighted by Gasteiger charge is -2.12. The molecule has 0 radical (unpaired) electrons. The van der Waals surface area contributed by atoms with Gasteiger partial charge in [-0.1, -0.05) is 43.7 Å². The second kappa shape index (κ2) is 8.53. The number of esters is 1. The van der Waals surface area contributed by atoms with Gasteiger partial charge in [-0.15, -0.1) is 0 Å². The molecule has 1 heterocycles. The highest BCUT2D eigenvalue weighted by molar-refractivity contribution is 5.98. The van der Waals surface area contributed by atoms with Crippen molar-refractivity contribution in [2.75, 3.05) is 0 Å². The minimum absolute atomic E-state index is 0.0157. The summed E-state index contributed by atoms with van der Waals surface area (Å²) in [5.41, 5.74) is 5.11. The molecule has 4 nitrogen and oxygen atoms in total. The summed E-state index contributed by atoms with van der Waals surface area (Å²) in [5, 5.41) is 9.38. The Morgan fingerprint density at radius 3 is 2.46 bits per heavy atom. The molecule has 0 aliphatic rings. The number of carbonyl (C=O) groups excluding carboxylic acids is 1. The van der Waals surface area contributed by atoms with Gasteiger partial charge in [0.2, 0.25) is 0 Å². The summed E-state index contributed by atoms with van der Waals surface area (Å²) < 4.78 is 7.51. The van der Waals surface area contributed by atoms with Crippen LogP contribution in [0.3, 0.4) is 0 Å². The highest BCUT2D eigenvalue weighted by atomic mass is 16.5. The second-order valence-electron chi connectivity index (χ2n) is 7.06. The number of ether oxygens (including phenoxy) is 1. The fraction of sp³-hybridized carbons (Fsp3) is 0.364. The number of nitrogens with zero attached hydrogens (tertiary/aromatic N) is 2. The topological polar surface area (TPSA) is 55.0 Å². The zero-order valence-electron chi connectivity index (χ0n) is 16.2. The maximum atomic E-state index is 12.3. The smallest absolute Gasteiger partial charge is 0.349 e. The van der Waals surface area contributed by atoms with Crippen molar-refractivity contribution in [3.8, 4) is 6.07 Å². The van der Waals surface area contributed by atoms with Gasteiger partial charge in [-0.2, -0.15) is 5.26 Å². The molecule has 2 rings (SSSR count). The van der Waals surface area contributed by atoms with Crippen LogP contribution in [0.1, 0.15) is 41.9 Å². The number of aromatic nitrogens is 1. The molecule has 4 heteroatoms. The fourth-order valence-electron chi connectivity index (χ4n) is 2.82. The van der Waals surface area contributed by atoms with E-state index in [9.17, 15) is 10.1 Å². The van der Waals surface area contributed by atoms with Crippen LogP contribution < -0.4 is 0 Å². The van der Waals surface area contributed by atoms with Gasteiger partial charge in [0.05, 0.1) is 0 Å². The van der Waals surface area contributed by atoms with Gasteiger partial charge in [0.25, 0.3) is 0 Å². The molecule has 0 spiro atoms. The van der Waals surface area contributed by atoms with Crippen LogP contribution in [-0.2, 0) is 22.7 Å². The molecule has 0 bridgehead atoms. The van der Waals surface area contributed by atoms with Crippen molar-refractivity contribution in [2.45, 2.75) is 47.8 Å². The van der Waals surface area contributed by atoms with E-state index in [0.717, 1.165) is 34.6 Å². The predicted molar refractivity (Wildman–Crippen MR) is 103 cm³/mol. The van der Waals surface area contributed by atoms with Gasteiger partial charge in [0, 0.05) is 17.9 Å². The summed E-state index contributed by atoms with van der Waals surface area (Å²) in [7, 11) is 0. The molecule has 0 fully saturated rings. The van der Waals surface area contributed by atoms with Gasteiger partial charge in [-0.25, -0.2) is 4.79 Å². The number of hydrogen-bond acceptors (Lipinski definition) is 3. The van der Waals surface area contributed by atoms with Crippen LogP contribution in [-0.4, -0.2) is 10.5 Å². The zero-order chi connectivity index (χ0) is 19.3. The van der Waals surface area contributed by atoms with Crippen molar-refractivity contribution >= 4 is 12.0 Å². The van der Waals surface area contributed by atoms with Crippen molar-refractivity contribution in [1.29, 1.82) is 5.26 Å². The molecule has 26 heavy (non-hydrogen) atoms. The first-order valence-electron chi connectivity index (χ1n) is 8.83. The minimum Gasteiger partial charge on any atom is -0.457 e. The lowest BCUT2D eigenvalue weighted by atomic mass is 10.1. The highest BCUT2D eigenvalue weighted by Gasteiger charge is 2.14. The lowest BCUT2D eigenvalue weighted by molar-refractivity contribution is -0.139. The Labute approximate surface area is 155 Å². The van der Waals surface area contributed by atoms with E-state index in [0.29, 0.717) is 5.92 Å². The minimum atomic E-state index is -0.596. The van der Waals surface area contributed by atoms with Gasteiger partial charge in [-0.05, 0) is 50.0 Å². The van der Waals surface area contributed by atoms with E-state index >= 15 is 0 Å². The van der Waals surface area contributed by atoms with Crippen LogP contribution in [0, 0.1) is 38.0 Å². The number of rotatable bonds is 6. The molecule has 0 saturated heterocycles. The maximum absolute atomic E-state index is 12.3. The van der Waals surface area contributed by atoms with Gasteiger partial charge in [0.15, 0.2) is 0 Å². The van der Waals surface area contributed by atoms with Crippen LogP contribution in [0.15, 0.2) is 35.9 Å². The molecule has 0 saturated carbocycles. The van der Waals surface area contributed by atoms with Crippen molar-refractivity contribution in [1.82, 2.24) is 4.57 Å². The number of hydrogen-bond donors (Lipinski definition) is 0. The summed E-state index contributed by atoms with van der Waals surface area (Å²) in [4.78, 5) is 12.3. The molecule has 0 N–H and O–H groups in total. The Morgan fingerprint density at radius 2 is 1.88 bits per heavy atom. The number of nitriles is 1. The molecule has 136 valence electrons. The normalized spacial score (nSPS) is 11.5. The lowest BCUT2D eigenvalue weighted by Crippen LogP contribution is -2.08. The predicted octanol–water partition coefficient (Wildman–Crippen LogP) is 4.72. The Bertz CT molecular complexity index is 850. The first-order chi connectivity index (χ1) is 12.3. The first-order valence-corrected chi connectivity index (χ1v) is 8.83. The average Bonchev–Trinajstić information content (AvgIpc) is 2.86.